The van der Waals surface area contributed by atoms with E-state index in [-0.39, 0.29) is 11.7 Å². The van der Waals surface area contributed by atoms with Crippen molar-refractivity contribution in [3.05, 3.63) is 102 Å². The fraction of sp³-hybridized carbons (Fsp3) is 0.148. The molecule has 0 aliphatic heterocycles. The van der Waals surface area contributed by atoms with Crippen molar-refractivity contribution in [3.63, 3.8) is 0 Å². The van der Waals surface area contributed by atoms with E-state index in [1.807, 2.05) is 72.3 Å². The molecule has 1 amide bonds. The fourth-order valence-corrected chi connectivity index (χ4v) is 4.04. The van der Waals surface area contributed by atoms with Crippen LogP contribution in [0.25, 0.3) is 28.0 Å². The Bertz CT molecular complexity index is 1440. The Morgan fingerprint density at radius 2 is 1.85 bits per heavy atom. The molecule has 34 heavy (non-hydrogen) atoms. The molecular weight excluding hydrogens is 429 g/mol. The predicted octanol–water partition coefficient (Wildman–Crippen LogP) is 5.26. The van der Waals surface area contributed by atoms with Crippen molar-refractivity contribution in [3.8, 4) is 16.9 Å². The van der Waals surface area contributed by atoms with Gasteiger partial charge in [-0.05, 0) is 67.4 Å². The van der Waals surface area contributed by atoms with Gasteiger partial charge in [-0.2, -0.15) is 5.10 Å². The Labute approximate surface area is 196 Å². The Kier molecular flexibility index (Phi) is 5.91. The maximum atomic E-state index is 13.4. The van der Waals surface area contributed by atoms with E-state index in [9.17, 15) is 9.18 Å². The Balaban J connectivity index is 1.18. The number of carbonyl (C=O) groups is 1. The van der Waals surface area contributed by atoms with Crippen molar-refractivity contribution >= 4 is 16.9 Å². The van der Waals surface area contributed by atoms with E-state index in [1.54, 1.807) is 17.3 Å². The van der Waals surface area contributed by atoms with Crippen molar-refractivity contribution in [2.24, 2.45) is 0 Å². The van der Waals surface area contributed by atoms with Gasteiger partial charge < -0.3 is 4.90 Å². The van der Waals surface area contributed by atoms with Crippen LogP contribution in [-0.4, -0.2) is 44.1 Å². The smallest absolute Gasteiger partial charge is 0.253 e. The van der Waals surface area contributed by atoms with Gasteiger partial charge in [0.2, 0.25) is 0 Å². The minimum Gasteiger partial charge on any atom is -0.342 e. The Morgan fingerprint density at radius 1 is 1.03 bits per heavy atom. The van der Waals surface area contributed by atoms with E-state index >= 15 is 0 Å². The summed E-state index contributed by atoms with van der Waals surface area (Å²) in [7, 11) is 1.81. The van der Waals surface area contributed by atoms with Crippen LogP contribution in [0.15, 0.2) is 85.2 Å². The van der Waals surface area contributed by atoms with Crippen molar-refractivity contribution < 1.29 is 9.18 Å². The van der Waals surface area contributed by atoms with Crippen LogP contribution in [0.2, 0.25) is 0 Å². The van der Waals surface area contributed by atoms with Gasteiger partial charge in [-0.1, -0.05) is 24.3 Å². The number of H-pyrrole nitrogens is 1. The molecule has 2 heterocycles. The summed E-state index contributed by atoms with van der Waals surface area (Å²) in [5.74, 6) is -0.305. The molecule has 3 aromatic carbocycles. The van der Waals surface area contributed by atoms with E-state index < -0.39 is 0 Å². The lowest BCUT2D eigenvalue weighted by Crippen LogP contribution is -2.28. The van der Waals surface area contributed by atoms with E-state index in [1.165, 1.54) is 12.1 Å². The molecular formula is C27H24FN5O. The molecule has 5 rings (SSSR count). The second kappa shape index (κ2) is 9.31. The lowest BCUT2D eigenvalue weighted by atomic mass is 10.1. The monoisotopic (exact) mass is 453 g/mol. The SMILES string of the molecule is CN(CCCc1cc(-c2cccc(F)c2)n[nH]1)C(=O)c1ccc(-n2cnc3ccccc32)cc1. The molecule has 6 nitrogen and oxygen atoms in total. The van der Waals surface area contributed by atoms with Crippen LogP contribution in [0.3, 0.4) is 0 Å². The molecule has 0 aliphatic rings. The lowest BCUT2D eigenvalue weighted by Gasteiger charge is -2.17. The summed E-state index contributed by atoms with van der Waals surface area (Å²) in [6, 6.07) is 23.8. The molecule has 0 radical (unpaired) electrons. The van der Waals surface area contributed by atoms with Gasteiger partial charge in [-0.3, -0.25) is 14.5 Å². The Morgan fingerprint density at radius 3 is 2.68 bits per heavy atom. The molecule has 0 aliphatic carbocycles. The number of benzene rings is 3. The molecule has 2 aromatic heterocycles. The fourth-order valence-electron chi connectivity index (χ4n) is 4.04. The molecule has 5 aromatic rings. The zero-order chi connectivity index (χ0) is 23.5. The first kappa shape index (κ1) is 21.6. The molecule has 1 N–H and O–H groups in total. The average Bonchev–Trinajstić information content (AvgIpc) is 3.51. The highest BCUT2D eigenvalue weighted by atomic mass is 19.1. The number of aromatic amines is 1. The van der Waals surface area contributed by atoms with Gasteiger partial charge >= 0.3 is 0 Å². The summed E-state index contributed by atoms with van der Waals surface area (Å²) < 4.78 is 15.5. The normalized spacial score (nSPS) is 11.1. The predicted molar refractivity (Wildman–Crippen MR) is 130 cm³/mol. The highest BCUT2D eigenvalue weighted by molar-refractivity contribution is 5.94. The number of aryl methyl sites for hydroxylation is 1. The number of carbonyl (C=O) groups excluding carboxylic acids is 1. The maximum Gasteiger partial charge on any atom is 0.253 e. The molecule has 0 saturated carbocycles. The van der Waals surface area contributed by atoms with Crippen LogP contribution in [-0.2, 0) is 6.42 Å². The van der Waals surface area contributed by atoms with E-state index in [4.69, 9.17) is 0 Å². The zero-order valence-corrected chi connectivity index (χ0v) is 18.8. The molecule has 0 unspecified atom stereocenters. The standard InChI is InChI=1S/C27H24FN5O/c1-32(15-5-8-22-17-25(31-30-22)20-6-4-7-21(28)16-20)27(34)19-11-13-23(14-12-19)33-18-29-24-9-2-3-10-26(24)33/h2-4,6-7,9-14,16-18H,5,8,15H2,1H3,(H,30,31). The first-order valence-corrected chi connectivity index (χ1v) is 11.2. The third kappa shape index (κ3) is 4.45. The molecule has 0 atom stereocenters. The van der Waals surface area contributed by atoms with Gasteiger partial charge in [-0.25, -0.2) is 9.37 Å². The molecule has 170 valence electrons. The van der Waals surface area contributed by atoms with Crippen molar-refractivity contribution in [1.29, 1.82) is 0 Å². The third-order valence-electron chi connectivity index (χ3n) is 5.88. The molecule has 0 saturated heterocycles. The van der Waals surface area contributed by atoms with Crippen molar-refractivity contribution in [2.75, 3.05) is 13.6 Å². The zero-order valence-electron chi connectivity index (χ0n) is 18.8. The largest absolute Gasteiger partial charge is 0.342 e. The van der Waals surface area contributed by atoms with Crippen LogP contribution in [0.5, 0.6) is 0 Å². The van der Waals surface area contributed by atoms with Gasteiger partial charge in [0.05, 0.1) is 16.7 Å². The first-order chi connectivity index (χ1) is 16.6. The first-order valence-electron chi connectivity index (χ1n) is 11.2. The van der Waals surface area contributed by atoms with Crippen LogP contribution < -0.4 is 0 Å². The van der Waals surface area contributed by atoms with E-state index in [2.05, 4.69) is 15.2 Å². The maximum absolute atomic E-state index is 13.4. The quantitative estimate of drug-likeness (QED) is 0.366. The minimum absolute atomic E-state index is 0.0212. The third-order valence-corrected chi connectivity index (χ3v) is 5.88. The number of halogens is 1. The lowest BCUT2D eigenvalue weighted by molar-refractivity contribution is 0.0793. The van der Waals surface area contributed by atoms with Gasteiger partial charge in [0.25, 0.3) is 5.91 Å². The highest BCUT2D eigenvalue weighted by Gasteiger charge is 2.13. The highest BCUT2D eigenvalue weighted by Crippen LogP contribution is 2.20. The van der Waals surface area contributed by atoms with Gasteiger partial charge in [0.1, 0.15) is 12.1 Å². The summed E-state index contributed by atoms with van der Waals surface area (Å²) in [5.41, 5.74) is 5.97. The second-order valence-electron chi connectivity index (χ2n) is 8.27. The van der Waals surface area contributed by atoms with Gasteiger partial charge in [-0.15, -0.1) is 0 Å². The number of rotatable bonds is 7. The number of amides is 1. The number of aromatic nitrogens is 4. The Hall–Kier alpha value is -4.26. The number of nitrogens with zero attached hydrogens (tertiary/aromatic N) is 4. The summed E-state index contributed by atoms with van der Waals surface area (Å²) in [5, 5.41) is 7.28. The van der Waals surface area contributed by atoms with Gasteiger partial charge in [0, 0.05) is 36.1 Å². The summed E-state index contributed by atoms with van der Waals surface area (Å²) in [6.45, 7) is 0.612. The molecule has 0 fully saturated rings. The van der Waals surface area contributed by atoms with Crippen LogP contribution in [0.4, 0.5) is 4.39 Å². The van der Waals surface area contributed by atoms with E-state index in [0.717, 1.165) is 40.8 Å². The van der Waals surface area contributed by atoms with Crippen molar-refractivity contribution in [1.82, 2.24) is 24.6 Å². The molecule has 7 heteroatoms. The molecule has 0 spiro atoms. The number of nitrogens with one attached hydrogen (secondary N) is 1. The van der Waals surface area contributed by atoms with Gasteiger partial charge in [0.15, 0.2) is 0 Å². The number of para-hydroxylation sites is 2. The van der Waals surface area contributed by atoms with Crippen LogP contribution in [0.1, 0.15) is 22.5 Å². The number of hydrogen-bond donors (Lipinski definition) is 1. The number of hydrogen-bond acceptors (Lipinski definition) is 3. The minimum atomic E-state index is -0.284. The summed E-state index contributed by atoms with van der Waals surface area (Å²) in [4.78, 5) is 19.0. The summed E-state index contributed by atoms with van der Waals surface area (Å²) >= 11 is 0. The average molecular weight is 454 g/mol. The van der Waals surface area contributed by atoms with Crippen LogP contribution >= 0.6 is 0 Å². The van der Waals surface area contributed by atoms with Crippen molar-refractivity contribution in [2.45, 2.75) is 12.8 Å². The van der Waals surface area contributed by atoms with Crippen LogP contribution in [0, 0.1) is 5.82 Å². The number of imidazole rings is 1. The summed E-state index contributed by atoms with van der Waals surface area (Å²) in [6.07, 6.45) is 3.32. The molecule has 0 bridgehead atoms. The second-order valence-corrected chi connectivity index (χ2v) is 8.27. The topological polar surface area (TPSA) is 66.8 Å². The van der Waals surface area contributed by atoms with E-state index in [0.29, 0.717) is 17.8 Å². The number of fused-ring (bicyclic) bond motifs is 1.